The van der Waals surface area contributed by atoms with Crippen molar-refractivity contribution in [2.45, 2.75) is 69.1 Å². The summed E-state index contributed by atoms with van der Waals surface area (Å²) in [6.45, 7) is 2.55. The summed E-state index contributed by atoms with van der Waals surface area (Å²) in [6.07, 6.45) is 9.62. The van der Waals surface area contributed by atoms with Crippen molar-refractivity contribution in [3.8, 4) is 0 Å². The Bertz CT molecular complexity index is 949. The van der Waals surface area contributed by atoms with E-state index in [1.807, 2.05) is 11.1 Å². The molecule has 1 spiro atoms. The zero-order chi connectivity index (χ0) is 22.9. The van der Waals surface area contributed by atoms with Crippen molar-refractivity contribution in [1.29, 1.82) is 0 Å². The predicted octanol–water partition coefficient (Wildman–Crippen LogP) is 2.74. The fourth-order valence-corrected chi connectivity index (χ4v) is 6.04. The maximum absolute atomic E-state index is 13.6. The number of carbonyl (C=O) groups excluding carboxylic acids is 1. The average molecular weight is 453 g/mol. The molecule has 3 aliphatic rings. The van der Waals surface area contributed by atoms with Gasteiger partial charge in [-0.2, -0.15) is 0 Å². The molecular weight excluding hydrogens is 416 g/mol. The minimum Gasteiger partial charge on any atom is -0.394 e. The number of carbonyl (C=O) groups is 1. The van der Waals surface area contributed by atoms with Crippen LogP contribution in [0.5, 0.6) is 0 Å². The van der Waals surface area contributed by atoms with Gasteiger partial charge in [-0.3, -0.25) is 0 Å². The van der Waals surface area contributed by atoms with Crippen LogP contribution in [-0.2, 0) is 18.6 Å². The second-order valence-corrected chi connectivity index (χ2v) is 10.2. The zero-order valence-corrected chi connectivity index (χ0v) is 19.6. The van der Waals surface area contributed by atoms with Gasteiger partial charge >= 0.3 is 6.03 Å². The summed E-state index contributed by atoms with van der Waals surface area (Å²) in [5, 5.41) is 21.1. The maximum Gasteiger partial charge on any atom is 0.320 e. The number of aromatic nitrogens is 3. The SMILES string of the molecule is CN[C@]1(c2ccccc2)CC[C@@]2(CC1)CN(Cc1cn(CCO)nn1)C(=O)N2CC1CCC1. The summed E-state index contributed by atoms with van der Waals surface area (Å²) in [5.41, 5.74) is 1.98. The molecule has 1 aromatic heterocycles. The topological polar surface area (TPSA) is 86.5 Å². The highest BCUT2D eigenvalue weighted by atomic mass is 16.3. The van der Waals surface area contributed by atoms with E-state index in [4.69, 9.17) is 5.11 Å². The van der Waals surface area contributed by atoms with E-state index >= 15 is 0 Å². The molecule has 8 nitrogen and oxygen atoms in total. The second-order valence-electron chi connectivity index (χ2n) is 10.2. The Kier molecular flexibility index (Phi) is 6.14. The molecule has 33 heavy (non-hydrogen) atoms. The van der Waals surface area contributed by atoms with Gasteiger partial charge in [0.25, 0.3) is 0 Å². The molecule has 0 unspecified atom stereocenters. The zero-order valence-electron chi connectivity index (χ0n) is 19.6. The van der Waals surface area contributed by atoms with E-state index in [1.54, 1.807) is 4.68 Å². The molecule has 2 aromatic rings. The molecule has 2 amide bonds. The van der Waals surface area contributed by atoms with Gasteiger partial charge in [0.1, 0.15) is 5.69 Å². The van der Waals surface area contributed by atoms with E-state index in [0.29, 0.717) is 19.0 Å². The third-order valence-electron chi connectivity index (χ3n) is 8.33. The third kappa shape index (κ3) is 4.15. The number of nitrogens with zero attached hydrogens (tertiary/aromatic N) is 5. The number of benzene rings is 1. The first-order valence-electron chi connectivity index (χ1n) is 12.4. The lowest BCUT2D eigenvalue weighted by Crippen LogP contribution is -2.56. The number of urea groups is 1. The van der Waals surface area contributed by atoms with Gasteiger partial charge in [-0.15, -0.1) is 5.10 Å². The Balaban J connectivity index is 1.35. The summed E-state index contributed by atoms with van der Waals surface area (Å²) in [7, 11) is 2.07. The minimum atomic E-state index is -0.108. The van der Waals surface area contributed by atoms with E-state index in [1.165, 1.54) is 24.8 Å². The number of aliphatic hydroxyl groups is 1. The summed E-state index contributed by atoms with van der Waals surface area (Å²) < 4.78 is 1.64. The van der Waals surface area contributed by atoms with E-state index in [-0.39, 0.29) is 23.7 Å². The number of hydrogen-bond donors (Lipinski definition) is 2. The molecule has 0 atom stereocenters. The summed E-state index contributed by atoms with van der Waals surface area (Å²) in [4.78, 5) is 17.8. The predicted molar refractivity (Wildman–Crippen MR) is 125 cm³/mol. The fourth-order valence-electron chi connectivity index (χ4n) is 6.04. The van der Waals surface area contributed by atoms with Gasteiger partial charge in [-0.1, -0.05) is 42.0 Å². The van der Waals surface area contributed by atoms with Crippen LogP contribution >= 0.6 is 0 Å². The first kappa shape index (κ1) is 22.3. The molecule has 5 rings (SSSR count). The molecule has 0 bridgehead atoms. The minimum absolute atomic E-state index is 0.0261. The largest absolute Gasteiger partial charge is 0.394 e. The van der Waals surface area contributed by atoms with Crippen molar-refractivity contribution >= 4 is 6.03 Å². The first-order valence-corrected chi connectivity index (χ1v) is 12.4. The van der Waals surface area contributed by atoms with Gasteiger partial charge in [-0.25, -0.2) is 9.48 Å². The lowest BCUT2D eigenvalue weighted by atomic mass is 9.68. The Morgan fingerprint density at radius 1 is 1.15 bits per heavy atom. The number of hydrogen-bond acceptors (Lipinski definition) is 5. The van der Waals surface area contributed by atoms with Gasteiger partial charge in [-0.05, 0) is 57.1 Å². The van der Waals surface area contributed by atoms with E-state index in [2.05, 4.69) is 57.9 Å². The molecule has 178 valence electrons. The van der Waals surface area contributed by atoms with E-state index in [9.17, 15) is 4.79 Å². The average Bonchev–Trinajstić information content (AvgIpc) is 3.35. The fraction of sp³-hybridized carbons (Fsp3) is 0.640. The molecule has 1 saturated heterocycles. The second kappa shape index (κ2) is 9.06. The first-order chi connectivity index (χ1) is 16.1. The van der Waals surface area contributed by atoms with Crippen molar-refractivity contribution in [2.24, 2.45) is 5.92 Å². The van der Waals surface area contributed by atoms with Crippen LogP contribution in [0.4, 0.5) is 4.79 Å². The van der Waals surface area contributed by atoms with Gasteiger partial charge in [0.05, 0.1) is 31.4 Å². The maximum atomic E-state index is 13.6. The van der Waals surface area contributed by atoms with Crippen molar-refractivity contribution in [1.82, 2.24) is 30.1 Å². The van der Waals surface area contributed by atoms with Gasteiger partial charge in [0.15, 0.2) is 0 Å². The summed E-state index contributed by atoms with van der Waals surface area (Å²) in [5.74, 6) is 0.640. The van der Waals surface area contributed by atoms with Crippen LogP contribution in [-0.4, -0.2) is 68.2 Å². The number of amides is 2. The molecule has 1 aliphatic heterocycles. The monoisotopic (exact) mass is 452 g/mol. The van der Waals surface area contributed by atoms with Crippen LogP contribution < -0.4 is 5.32 Å². The summed E-state index contributed by atoms with van der Waals surface area (Å²) >= 11 is 0. The molecule has 2 heterocycles. The standard InChI is InChI=1S/C25H36N6O2/c1-26-25(21-8-3-2-4-9-21)12-10-24(11-13-25)19-29(17-22-18-30(14-15-32)28-27-22)23(33)31(24)16-20-6-5-7-20/h2-4,8-9,18,20,26,32H,5-7,10-17,19H2,1H3/t24-,25-. The van der Waals surface area contributed by atoms with Crippen LogP contribution in [0.1, 0.15) is 56.2 Å². The normalized spacial score (nSPS) is 28.0. The van der Waals surface area contributed by atoms with E-state index in [0.717, 1.165) is 44.5 Å². The van der Waals surface area contributed by atoms with Crippen molar-refractivity contribution < 1.29 is 9.90 Å². The highest BCUT2D eigenvalue weighted by Gasteiger charge is 2.54. The highest BCUT2D eigenvalue weighted by Crippen LogP contribution is 2.47. The van der Waals surface area contributed by atoms with Gasteiger partial charge in [0, 0.05) is 18.6 Å². The highest BCUT2D eigenvalue weighted by molar-refractivity contribution is 5.78. The smallest absolute Gasteiger partial charge is 0.320 e. The van der Waals surface area contributed by atoms with Crippen molar-refractivity contribution in [3.63, 3.8) is 0 Å². The van der Waals surface area contributed by atoms with Crippen molar-refractivity contribution in [2.75, 3.05) is 26.7 Å². The lowest BCUT2D eigenvalue weighted by Gasteiger charge is -2.49. The molecule has 0 radical (unpaired) electrons. The summed E-state index contributed by atoms with van der Waals surface area (Å²) in [6, 6.07) is 10.9. The van der Waals surface area contributed by atoms with Crippen LogP contribution in [0.25, 0.3) is 0 Å². The number of aliphatic hydroxyl groups excluding tert-OH is 1. The Morgan fingerprint density at radius 2 is 1.91 bits per heavy atom. The Labute approximate surface area is 195 Å². The van der Waals surface area contributed by atoms with Gasteiger partial charge < -0.3 is 20.2 Å². The van der Waals surface area contributed by atoms with Crippen LogP contribution in [0.15, 0.2) is 36.5 Å². The molecule has 2 N–H and O–H groups in total. The van der Waals surface area contributed by atoms with Crippen LogP contribution in [0, 0.1) is 5.92 Å². The van der Waals surface area contributed by atoms with Crippen molar-refractivity contribution in [3.05, 3.63) is 47.8 Å². The molecule has 2 aliphatic carbocycles. The van der Waals surface area contributed by atoms with E-state index < -0.39 is 0 Å². The molecular formula is C25H36N6O2. The number of nitrogens with one attached hydrogen (secondary N) is 1. The molecule has 3 fully saturated rings. The molecule has 2 saturated carbocycles. The van der Waals surface area contributed by atoms with Crippen LogP contribution in [0.3, 0.4) is 0 Å². The Hall–Kier alpha value is -2.45. The quantitative estimate of drug-likeness (QED) is 0.643. The third-order valence-corrected chi connectivity index (χ3v) is 8.33. The molecule has 1 aromatic carbocycles. The number of rotatable bonds is 8. The van der Waals surface area contributed by atoms with Crippen LogP contribution in [0.2, 0.25) is 0 Å². The lowest BCUT2D eigenvalue weighted by molar-refractivity contribution is 0.0584. The van der Waals surface area contributed by atoms with Gasteiger partial charge in [0.2, 0.25) is 0 Å². The Morgan fingerprint density at radius 3 is 2.55 bits per heavy atom. The molecule has 8 heteroatoms.